The van der Waals surface area contributed by atoms with Crippen LogP contribution < -0.4 is 9.80 Å². The summed E-state index contributed by atoms with van der Waals surface area (Å²) in [6.45, 7) is 2.87. The van der Waals surface area contributed by atoms with E-state index in [9.17, 15) is 5.26 Å². The van der Waals surface area contributed by atoms with Crippen molar-refractivity contribution in [3.05, 3.63) is 87.5 Å². The van der Waals surface area contributed by atoms with Gasteiger partial charge in [-0.15, -0.1) is 0 Å². The Balaban J connectivity index is 1.41. The number of halogens is 1. The highest BCUT2D eigenvalue weighted by Crippen LogP contribution is 2.44. The van der Waals surface area contributed by atoms with Crippen LogP contribution in [-0.4, -0.2) is 24.6 Å². The van der Waals surface area contributed by atoms with E-state index in [1.54, 1.807) is 0 Å². The molecule has 0 spiro atoms. The van der Waals surface area contributed by atoms with Gasteiger partial charge in [-0.05, 0) is 74.1 Å². The van der Waals surface area contributed by atoms with Gasteiger partial charge in [0.2, 0.25) is 0 Å². The molecule has 37 heavy (non-hydrogen) atoms. The first-order chi connectivity index (χ1) is 18.2. The molecule has 0 saturated carbocycles. The van der Waals surface area contributed by atoms with Gasteiger partial charge in [0.25, 0.3) is 0 Å². The van der Waals surface area contributed by atoms with Crippen LogP contribution in [0.1, 0.15) is 41.6 Å². The lowest BCUT2D eigenvalue weighted by Crippen LogP contribution is -2.30. The van der Waals surface area contributed by atoms with Gasteiger partial charge >= 0.3 is 0 Å². The predicted molar refractivity (Wildman–Crippen MR) is 156 cm³/mol. The summed E-state index contributed by atoms with van der Waals surface area (Å²) in [6.07, 6.45) is 9.90. The van der Waals surface area contributed by atoms with Crippen molar-refractivity contribution in [3.8, 4) is 17.2 Å². The highest BCUT2D eigenvalue weighted by Gasteiger charge is 2.27. The molecule has 1 saturated heterocycles. The van der Waals surface area contributed by atoms with E-state index in [1.807, 2.05) is 0 Å². The van der Waals surface area contributed by atoms with Crippen LogP contribution in [0.3, 0.4) is 0 Å². The molecule has 2 aliphatic heterocycles. The number of piperidine rings is 1. The zero-order valence-electron chi connectivity index (χ0n) is 20.7. The average molecular weight is 548 g/mol. The van der Waals surface area contributed by atoms with E-state index in [0.717, 1.165) is 81.6 Å². The summed E-state index contributed by atoms with van der Waals surface area (Å²) in [7, 11) is 0. The topological polar surface area (TPSA) is 43.2 Å². The smallest absolute Gasteiger partial charge is 0.102 e. The van der Waals surface area contributed by atoms with Crippen LogP contribution in [-0.2, 0) is 12.8 Å². The molecule has 0 N–H and O–H groups in total. The summed E-state index contributed by atoms with van der Waals surface area (Å²) >= 11 is 3.57. The van der Waals surface area contributed by atoms with Gasteiger partial charge in [-0.1, -0.05) is 46.3 Å². The second-order valence-corrected chi connectivity index (χ2v) is 11.1. The van der Waals surface area contributed by atoms with Gasteiger partial charge in [0.15, 0.2) is 0 Å². The highest BCUT2D eigenvalue weighted by molar-refractivity contribution is 9.10. The van der Waals surface area contributed by atoms with Crippen molar-refractivity contribution in [2.75, 3.05) is 29.4 Å². The van der Waals surface area contributed by atoms with Crippen molar-refractivity contribution in [2.45, 2.75) is 32.1 Å². The van der Waals surface area contributed by atoms with E-state index in [2.05, 4.69) is 98.5 Å². The Morgan fingerprint density at radius 1 is 0.919 bits per heavy atom. The molecule has 3 aliphatic rings. The lowest BCUT2D eigenvalue weighted by Gasteiger charge is -2.32. The minimum Gasteiger partial charge on any atom is -0.370 e. The zero-order chi connectivity index (χ0) is 24.9. The van der Waals surface area contributed by atoms with E-state index in [4.69, 9.17) is 4.98 Å². The predicted octanol–water partition coefficient (Wildman–Crippen LogP) is 7.79. The summed E-state index contributed by atoms with van der Waals surface area (Å²) in [4.78, 5) is 10.1. The van der Waals surface area contributed by atoms with Gasteiger partial charge in [0.1, 0.15) is 6.07 Å². The molecule has 4 aromatic rings. The first kappa shape index (κ1) is 22.6. The highest BCUT2D eigenvalue weighted by atomic mass is 79.9. The van der Waals surface area contributed by atoms with E-state index < -0.39 is 0 Å². The molecule has 3 heterocycles. The van der Waals surface area contributed by atoms with Gasteiger partial charge in [-0.2, -0.15) is 5.26 Å². The number of aromatic nitrogens is 1. The number of nitrogens with zero attached hydrogens (tertiary/aromatic N) is 4. The first-order valence-electron chi connectivity index (χ1n) is 13.2. The molecule has 4 nitrogen and oxygen atoms in total. The van der Waals surface area contributed by atoms with Gasteiger partial charge < -0.3 is 9.80 Å². The Kier molecular flexibility index (Phi) is 5.52. The number of aryl methyl sites for hydroxylation is 2. The Morgan fingerprint density at radius 3 is 2.57 bits per heavy atom. The normalized spacial score (nSPS) is 16.2. The maximum atomic E-state index is 10.4. The van der Waals surface area contributed by atoms with E-state index in [0.29, 0.717) is 0 Å². The van der Waals surface area contributed by atoms with Crippen LogP contribution in [0.2, 0.25) is 0 Å². The number of pyridine rings is 1. The molecule has 0 radical (unpaired) electrons. The van der Waals surface area contributed by atoms with E-state index in [-0.39, 0.29) is 0 Å². The van der Waals surface area contributed by atoms with Gasteiger partial charge in [0, 0.05) is 57.6 Å². The number of rotatable bonds is 2. The van der Waals surface area contributed by atoms with Crippen LogP contribution in [0, 0.1) is 11.3 Å². The Labute approximate surface area is 226 Å². The van der Waals surface area contributed by atoms with Crippen LogP contribution in [0.25, 0.3) is 28.1 Å². The van der Waals surface area contributed by atoms with Crippen LogP contribution >= 0.6 is 15.9 Å². The molecule has 0 bridgehead atoms. The minimum atomic E-state index is 0.813. The van der Waals surface area contributed by atoms with Gasteiger partial charge in [-0.25, -0.2) is 4.98 Å². The number of anilines is 3. The minimum absolute atomic E-state index is 0.813. The molecular weight excluding hydrogens is 520 g/mol. The third kappa shape index (κ3) is 3.74. The molecule has 0 unspecified atom stereocenters. The van der Waals surface area contributed by atoms with Crippen molar-refractivity contribution in [3.63, 3.8) is 0 Å². The standard InChI is InChI=1S/C32H27BrN4/c33-24-10-12-25(13-11-24)37-18-4-5-22-6-7-23-19-26-28(35-31(23)32(22)37)14-8-21-9-15-29(27(20-34)30(21)26)36-16-2-1-3-17-36/h4-7,9-13,15,19H,1-3,8,14,16-18H2. The molecule has 1 aromatic heterocycles. The second-order valence-electron chi connectivity index (χ2n) is 10.2. The van der Waals surface area contributed by atoms with Crippen molar-refractivity contribution in [2.24, 2.45) is 0 Å². The number of hydrogen-bond donors (Lipinski definition) is 0. The fraction of sp³-hybridized carbons (Fsp3) is 0.250. The summed E-state index contributed by atoms with van der Waals surface area (Å²) in [6, 6.07) is 22.2. The van der Waals surface area contributed by atoms with E-state index >= 15 is 0 Å². The largest absolute Gasteiger partial charge is 0.370 e. The fourth-order valence-corrected chi connectivity index (χ4v) is 6.52. The Morgan fingerprint density at radius 2 is 1.76 bits per heavy atom. The Hall–Kier alpha value is -3.62. The van der Waals surface area contributed by atoms with E-state index in [1.165, 1.54) is 36.1 Å². The molecule has 0 atom stereocenters. The van der Waals surface area contributed by atoms with Crippen LogP contribution in [0.5, 0.6) is 0 Å². The van der Waals surface area contributed by atoms with Crippen LogP contribution in [0.15, 0.2) is 65.1 Å². The summed E-state index contributed by atoms with van der Waals surface area (Å²) in [5.74, 6) is 0. The van der Waals surface area contributed by atoms with Crippen molar-refractivity contribution >= 4 is 50.0 Å². The Bertz CT molecular complexity index is 1610. The fourth-order valence-electron chi connectivity index (χ4n) is 6.25. The summed E-state index contributed by atoms with van der Waals surface area (Å²) < 4.78 is 1.07. The van der Waals surface area contributed by atoms with Crippen molar-refractivity contribution in [1.29, 1.82) is 5.26 Å². The third-order valence-corrected chi connectivity index (χ3v) is 8.57. The summed E-state index contributed by atoms with van der Waals surface area (Å²) in [5, 5.41) is 11.5. The molecular formula is C32H27BrN4. The molecule has 3 aromatic carbocycles. The van der Waals surface area contributed by atoms with Gasteiger partial charge in [0.05, 0.1) is 22.5 Å². The lowest BCUT2D eigenvalue weighted by molar-refractivity contribution is 0.577. The molecule has 7 rings (SSSR count). The number of hydrogen-bond acceptors (Lipinski definition) is 4. The van der Waals surface area contributed by atoms with Crippen LogP contribution in [0.4, 0.5) is 17.1 Å². The lowest BCUT2D eigenvalue weighted by atomic mass is 9.83. The van der Waals surface area contributed by atoms with Crippen molar-refractivity contribution < 1.29 is 0 Å². The summed E-state index contributed by atoms with van der Waals surface area (Å²) in [5.41, 5.74) is 11.1. The molecule has 5 heteroatoms. The van der Waals surface area contributed by atoms with Gasteiger partial charge in [-0.3, -0.25) is 0 Å². The third-order valence-electron chi connectivity index (χ3n) is 8.04. The first-order valence-corrected chi connectivity index (χ1v) is 14.0. The zero-order valence-corrected chi connectivity index (χ0v) is 22.3. The maximum absolute atomic E-state index is 10.4. The molecule has 182 valence electrons. The molecule has 1 aliphatic carbocycles. The average Bonchev–Trinajstić information content (AvgIpc) is 2.96. The second kappa shape index (κ2) is 9.04. The molecule has 1 fully saturated rings. The van der Waals surface area contributed by atoms with Crippen molar-refractivity contribution in [1.82, 2.24) is 4.98 Å². The molecule has 0 amide bonds. The number of fused-ring (bicyclic) bond motifs is 6. The SMILES string of the molecule is N#Cc1c(N2CCCCC2)ccc2c1-c1cc3ccc4c(c3nc1CC2)N(c1ccc(Br)cc1)CC=C4. The maximum Gasteiger partial charge on any atom is 0.102 e. The number of nitriles is 1. The monoisotopic (exact) mass is 546 g/mol. The quantitative estimate of drug-likeness (QED) is 0.257. The number of benzene rings is 3.